The van der Waals surface area contributed by atoms with Crippen molar-refractivity contribution in [2.24, 2.45) is 0 Å². The van der Waals surface area contributed by atoms with Crippen LogP contribution >= 0.6 is 23.2 Å². The topological polar surface area (TPSA) is 20.3 Å². The molecule has 1 heterocycles. The van der Waals surface area contributed by atoms with Gasteiger partial charge in [-0.2, -0.15) is 0 Å². The van der Waals surface area contributed by atoms with E-state index in [1.54, 1.807) is 12.1 Å². The molecule has 0 aliphatic carbocycles. The van der Waals surface area contributed by atoms with Gasteiger partial charge in [-0.15, -0.1) is 0 Å². The number of carbonyl (C=O) groups is 1. The second-order valence-corrected chi connectivity index (χ2v) is 6.19. The Hall–Kier alpha value is -1.51. The predicted octanol–water partition coefficient (Wildman–Crippen LogP) is 4.51. The Balaban J connectivity index is 1.84. The molecule has 2 nitrogen and oxygen atoms in total. The van der Waals surface area contributed by atoms with Gasteiger partial charge in [0.25, 0.3) is 0 Å². The van der Waals surface area contributed by atoms with Gasteiger partial charge in [0.1, 0.15) is 0 Å². The Morgan fingerprint density at radius 3 is 2.71 bits per heavy atom. The minimum atomic E-state index is 0.0887. The first-order chi connectivity index (χ1) is 10.1. The second kappa shape index (κ2) is 5.70. The van der Waals surface area contributed by atoms with Crippen LogP contribution in [0.3, 0.4) is 0 Å². The molecule has 0 fully saturated rings. The summed E-state index contributed by atoms with van der Waals surface area (Å²) >= 11 is 11.9. The molecule has 4 heteroatoms. The number of fused-ring (bicyclic) bond motifs is 1. The summed E-state index contributed by atoms with van der Waals surface area (Å²) in [6, 6.07) is 13.6. The molecule has 1 unspecified atom stereocenters. The number of hydrogen-bond donors (Lipinski definition) is 0. The SMILES string of the molecule is CC1Cc2ccccc2N1C(=O)Cc1ccc(Cl)c(Cl)c1. The van der Waals surface area contributed by atoms with E-state index in [-0.39, 0.29) is 11.9 Å². The lowest BCUT2D eigenvalue weighted by atomic mass is 10.1. The molecule has 0 radical (unpaired) electrons. The fraction of sp³-hybridized carbons (Fsp3) is 0.235. The Morgan fingerprint density at radius 2 is 1.95 bits per heavy atom. The normalized spacial score (nSPS) is 16.9. The van der Waals surface area contributed by atoms with Crippen molar-refractivity contribution in [2.45, 2.75) is 25.8 Å². The van der Waals surface area contributed by atoms with Crippen LogP contribution in [0.5, 0.6) is 0 Å². The summed E-state index contributed by atoms with van der Waals surface area (Å²) in [5.41, 5.74) is 3.13. The van der Waals surface area contributed by atoms with Crippen LogP contribution in [0.15, 0.2) is 42.5 Å². The lowest BCUT2D eigenvalue weighted by Crippen LogP contribution is -2.36. The van der Waals surface area contributed by atoms with Crippen LogP contribution in [0.2, 0.25) is 10.0 Å². The lowest BCUT2D eigenvalue weighted by molar-refractivity contribution is -0.118. The largest absolute Gasteiger partial charge is 0.309 e. The number of benzene rings is 2. The molecule has 1 aliphatic heterocycles. The van der Waals surface area contributed by atoms with Crippen molar-refractivity contribution in [3.8, 4) is 0 Å². The maximum atomic E-state index is 12.6. The van der Waals surface area contributed by atoms with Gasteiger partial charge in [0, 0.05) is 11.7 Å². The molecule has 0 bridgehead atoms. The first-order valence-corrected chi connectivity index (χ1v) is 7.66. The first kappa shape index (κ1) is 14.4. The van der Waals surface area contributed by atoms with Gasteiger partial charge in [-0.25, -0.2) is 0 Å². The molecule has 1 amide bonds. The van der Waals surface area contributed by atoms with Gasteiger partial charge in [0.15, 0.2) is 0 Å². The summed E-state index contributed by atoms with van der Waals surface area (Å²) in [5.74, 6) is 0.0887. The highest BCUT2D eigenvalue weighted by Crippen LogP contribution is 2.32. The van der Waals surface area contributed by atoms with Gasteiger partial charge in [-0.05, 0) is 42.7 Å². The van der Waals surface area contributed by atoms with E-state index >= 15 is 0 Å². The van der Waals surface area contributed by atoms with E-state index in [2.05, 4.69) is 13.0 Å². The van der Waals surface area contributed by atoms with Crippen molar-refractivity contribution in [3.05, 3.63) is 63.6 Å². The third-order valence-corrected chi connectivity index (χ3v) is 4.55. The molecule has 0 saturated heterocycles. The van der Waals surface area contributed by atoms with Crippen LogP contribution in [0.25, 0.3) is 0 Å². The number of hydrogen-bond acceptors (Lipinski definition) is 1. The maximum Gasteiger partial charge on any atom is 0.231 e. The number of halogens is 2. The Bertz CT molecular complexity index is 699. The van der Waals surface area contributed by atoms with E-state index in [4.69, 9.17) is 23.2 Å². The minimum Gasteiger partial charge on any atom is -0.309 e. The van der Waals surface area contributed by atoms with Gasteiger partial charge >= 0.3 is 0 Å². The predicted molar refractivity (Wildman–Crippen MR) is 87.3 cm³/mol. The van der Waals surface area contributed by atoms with Gasteiger partial charge < -0.3 is 4.90 Å². The van der Waals surface area contributed by atoms with Crippen LogP contribution in [0.4, 0.5) is 5.69 Å². The zero-order valence-electron chi connectivity index (χ0n) is 11.6. The van der Waals surface area contributed by atoms with Crippen molar-refractivity contribution in [1.82, 2.24) is 0 Å². The van der Waals surface area contributed by atoms with Gasteiger partial charge in [-0.1, -0.05) is 47.5 Å². The highest BCUT2D eigenvalue weighted by atomic mass is 35.5. The Kier molecular flexibility index (Phi) is 3.92. The van der Waals surface area contributed by atoms with Gasteiger partial charge in [-0.3, -0.25) is 4.79 Å². The highest BCUT2D eigenvalue weighted by molar-refractivity contribution is 6.42. The number of para-hydroxylation sites is 1. The molecule has 3 rings (SSSR count). The standard InChI is InChI=1S/C17H15Cl2NO/c1-11-8-13-4-2-3-5-16(13)20(11)17(21)10-12-6-7-14(18)15(19)9-12/h2-7,9,11H,8,10H2,1H3. The van der Waals surface area contributed by atoms with Gasteiger partial charge in [0.05, 0.1) is 16.5 Å². The molecule has 1 aliphatic rings. The van der Waals surface area contributed by atoms with Gasteiger partial charge in [0.2, 0.25) is 5.91 Å². The van der Waals surface area contributed by atoms with Crippen LogP contribution in [0.1, 0.15) is 18.1 Å². The summed E-state index contributed by atoms with van der Waals surface area (Å²) < 4.78 is 0. The van der Waals surface area contributed by atoms with Crippen LogP contribution in [0, 0.1) is 0 Å². The van der Waals surface area contributed by atoms with Crippen molar-refractivity contribution < 1.29 is 4.79 Å². The maximum absolute atomic E-state index is 12.6. The molecule has 0 aromatic heterocycles. The van der Waals surface area contributed by atoms with Crippen LogP contribution in [-0.2, 0) is 17.6 Å². The van der Waals surface area contributed by atoms with E-state index in [1.165, 1.54) is 5.56 Å². The fourth-order valence-corrected chi connectivity index (χ4v) is 3.18. The molecule has 1 atom stereocenters. The summed E-state index contributed by atoms with van der Waals surface area (Å²) in [7, 11) is 0. The molecule has 0 N–H and O–H groups in total. The molecular weight excluding hydrogens is 305 g/mol. The number of amides is 1. The summed E-state index contributed by atoms with van der Waals surface area (Å²) in [5, 5.41) is 0.990. The number of nitrogens with zero attached hydrogens (tertiary/aromatic N) is 1. The molecule has 108 valence electrons. The molecule has 2 aromatic rings. The zero-order chi connectivity index (χ0) is 15.0. The van der Waals surface area contributed by atoms with Crippen molar-refractivity contribution in [2.75, 3.05) is 4.90 Å². The second-order valence-electron chi connectivity index (χ2n) is 5.37. The average molecular weight is 320 g/mol. The van der Waals surface area contributed by atoms with E-state index < -0.39 is 0 Å². The zero-order valence-corrected chi connectivity index (χ0v) is 13.2. The molecule has 21 heavy (non-hydrogen) atoms. The third kappa shape index (κ3) is 2.78. The smallest absolute Gasteiger partial charge is 0.231 e. The molecule has 0 saturated carbocycles. The minimum absolute atomic E-state index is 0.0887. The quantitative estimate of drug-likeness (QED) is 0.797. The van der Waals surface area contributed by atoms with Crippen molar-refractivity contribution in [1.29, 1.82) is 0 Å². The Morgan fingerprint density at radius 1 is 1.19 bits per heavy atom. The molecule has 0 spiro atoms. The van der Waals surface area contributed by atoms with E-state index in [0.717, 1.165) is 17.7 Å². The number of anilines is 1. The fourth-order valence-electron chi connectivity index (χ4n) is 2.85. The Labute approximate surface area is 134 Å². The van der Waals surface area contributed by atoms with Crippen molar-refractivity contribution in [3.63, 3.8) is 0 Å². The number of carbonyl (C=O) groups excluding carboxylic acids is 1. The number of rotatable bonds is 2. The van der Waals surface area contributed by atoms with Crippen LogP contribution < -0.4 is 4.90 Å². The van der Waals surface area contributed by atoms with E-state index in [9.17, 15) is 4.79 Å². The molecule has 2 aromatic carbocycles. The van der Waals surface area contributed by atoms with E-state index in [0.29, 0.717) is 16.5 Å². The lowest BCUT2D eigenvalue weighted by Gasteiger charge is -2.23. The first-order valence-electron chi connectivity index (χ1n) is 6.90. The monoisotopic (exact) mass is 319 g/mol. The average Bonchev–Trinajstić information content (AvgIpc) is 2.78. The summed E-state index contributed by atoms with van der Waals surface area (Å²) in [6.45, 7) is 2.08. The highest BCUT2D eigenvalue weighted by Gasteiger charge is 2.30. The van der Waals surface area contributed by atoms with Crippen LogP contribution in [-0.4, -0.2) is 11.9 Å². The summed E-state index contributed by atoms with van der Waals surface area (Å²) in [4.78, 5) is 14.5. The molecular formula is C17H15Cl2NO. The summed E-state index contributed by atoms with van der Waals surface area (Å²) in [6.07, 6.45) is 1.23. The van der Waals surface area contributed by atoms with E-state index in [1.807, 2.05) is 29.2 Å². The third-order valence-electron chi connectivity index (χ3n) is 3.82. The van der Waals surface area contributed by atoms with Crippen molar-refractivity contribution >= 4 is 34.8 Å².